The van der Waals surface area contributed by atoms with Crippen LogP contribution < -0.4 is 4.72 Å². The Hall–Kier alpha value is -1.61. The van der Waals surface area contributed by atoms with E-state index in [0.29, 0.717) is 12.5 Å². The SMILES string of the molecule is Cl.O=S(=O)(NCCCCN1CCc2ccccc2C1)c1cc(F)c(F)cc1F. The quantitative estimate of drug-likeness (QED) is 0.534. The van der Waals surface area contributed by atoms with Gasteiger partial charge < -0.3 is 0 Å². The first-order valence-corrected chi connectivity index (χ1v) is 10.3. The van der Waals surface area contributed by atoms with Gasteiger partial charge in [-0.2, -0.15) is 0 Å². The molecule has 9 heteroatoms. The lowest BCUT2D eigenvalue weighted by molar-refractivity contribution is 0.249. The van der Waals surface area contributed by atoms with Crippen LogP contribution in [0.2, 0.25) is 0 Å². The number of unbranched alkanes of at least 4 members (excludes halogenated alkanes) is 1. The third-order valence-electron chi connectivity index (χ3n) is 4.67. The molecule has 0 aromatic heterocycles. The zero-order valence-electron chi connectivity index (χ0n) is 15.1. The monoisotopic (exact) mass is 434 g/mol. The molecule has 0 spiro atoms. The highest BCUT2D eigenvalue weighted by Crippen LogP contribution is 2.20. The van der Waals surface area contributed by atoms with Gasteiger partial charge in [0.15, 0.2) is 11.6 Å². The van der Waals surface area contributed by atoms with Gasteiger partial charge in [0.25, 0.3) is 0 Å². The van der Waals surface area contributed by atoms with Gasteiger partial charge in [0.05, 0.1) is 0 Å². The number of nitrogens with one attached hydrogen (secondary N) is 1. The molecule has 1 N–H and O–H groups in total. The van der Waals surface area contributed by atoms with E-state index in [2.05, 4.69) is 21.8 Å². The van der Waals surface area contributed by atoms with Crippen molar-refractivity contribution in [2.75, 3.05) is 19.6 Å². The van der Waals surface area contributed by atoms with Gasteiger partial charge >= 0.3 is 0 Å². The molecule has 1 aliphatic heterocycles. The molecule has 0 bridgehead atoms. The number of sulfonamides is 1. The molecule has 0 fully saturated rings. The molecule has 1 heterocycles. The summed E-state index contributed by atoms with van der Waals surface area (Å²) in [4.78, 5) is 1.43. The molecule has 0 saturated heterocycles. The summed E-state index contributed by atoms with van der Waals surface area (Å²) in [7, 11) is -4.22. The van der Waals surface area contributed by atoms with Crippen molar-refractivity contribution in [3.05, 3.63) is 65.0 Å². The second kappa shape index (κ2) is 9.73. The number of nitrogens with zero attached hydrogens (tertiary/aromatic N) is 1. The average molecular weight is 435 g/mol. The van der Waals surface area contributed by atoms with E-state index >= 15 is 0 Å². The number of hydrogen-bond acceptors (Lipinski definition) is 3. The summed E-state index contributed by atoms with van der Waals surface area (Å²) < 4.78 is 66.1. The maximum atomic E-state index is 13.6. The van der Waals surface area contributed by atoms with E-state index < -0.39 is 32.4 Å². The normalized spacial score (nSPS) is 14.4. The standard InChI is InChI=1S/C19H21F3N2O2S.ClH/c20-16-11-18(22)19(12-17(16)21)27(25,26)23-8-3-4-9-24-10-7-14-5-1-2-6-15(14)13-24;/h1-2,5-6,11-12,23H,3-4,7-10,13H2;1H. The Morgan fingerprint density at radius 3 is 2.39 bits per heavy atom. The second-order valence-corrected chi connectivity index (χ2v) is 8.33. The maximum Gasteiger partial charge on any atom is 0.243 e. The van der Waals surface area contributed by atoms with Gasteiger partial charge in [-0.05, 0) is 43.0 Å². The summed E-state index contributed by atoms with van der Waals surface area (Å²) in [6.07, 6.45) is 2.33. The minimum absolute atomic E-state index is 0. The largest absolute Gasteiger partial charge is 0.299 e. The number of hydrogen-bond donors (Lipinski definition) is 1. The molecule has 0 amide bonds. The van der Waals surface area contributed by atoms with Crippen molar-refractivity contribution in [1.82, 2.24) is 9.62 Å². The third kappa shape index (κ3) is 5.47. The van der Waals surface area contributed by atoms with Crippen molar-refractivity contribution in [3.8, 4) is 0 Å². The first kappa shape index (κ1) is 22.7. The van der Waals surface area contributed by atoms with Crippen molar-refractivity contribution >= 4 is 22.4 Å². The Balaban J connectivity index is 0.00000280. The minimum atomic E-state index is -4.22. The highest BCUT2D eigenvalue weighted by Gasteiger charge is 2.22. The molecule has 4 nitrogen and oxygen atoms in total. The van der Waals surface area contributed by atoms with Gasteiger partial charge in [0, 0.05) is 25.7 Å². The summed E-state index contributed by atoms with van der Waals surface area (Å²) in [5.41, 5.74) is 2.69. The van der Waals surface area contributed by atoms with Gasteiger partial charge in [-0.1, -0.05) is 24.3 Å². The Bertz CT molecular complexity index is 925. The Kier molecular flexibility index (Phi) is 7.88. The lowest BCUT2D eigenvalue weighted by atomic mass is 10.00. The van der Waals surface area contributed by atoms with Crippen LogP contribution in [0.3, 0.4) is 0 Å². The Labute approximate surface area is 169 Å². The van der Waals surface area contributed by atoms with Crippen LogP contribution in [0.4, 0.5) is 13.2 Å². The Morgan fingerprint density at radius 2 is 1.64 bits per heavy atom. The number of fused-ring (bicyclic) bond motifs is 1. The lowest BCUT2D eigenvalue weighted by Gasteiger charge is -2.28. The van der Waals surface area contributed by atoms with E-state index in [-0.39, 0.29) is 25.0 Å². The summed E-state index contributed by atoms with van der Waals surface area (Å²) in [6.45, 7) is 2.77. The maximum absolute atomic E-state index is 13.6. The van der Waals surface area contributed by atoms with Crippen molar-refractivity contribution in [3.63, 3.8) is 0 Å². The van der Waals surface area contributed by atoms with Crippen LogP contribution in [0.5, 0.6) is 0 Å². The molecule has 0 unspecified atom stereocenters. The van der Waals surface area contributed by atoms with Gasteiger partial charge in [-0.25, -0.2) is 26.3 Å². The van der Waals surface area contributed by atoms with E-state index in [4.69, 9.17) is 0 Å². The van der Waals surface area contributed by atoms with E-state index in [9.17, 15) is 21.6 Å². The van der Waals surface area contributed by atoms with Crippen LogP contribution in [0.15, 0.2) is 41.3 Å². The highest BCUT2D eigenvalue weighted by atomic mass is 35.5. The summed E-state index contributed by atoms with van der Waals surface area (Å²) in [6, 6.07) is 8.91. The second-order valence-electron chi connectivity index (χ2n) is 6.60. The minimum Gasteiger partial charge on any atom is -0.299 e. The highest BCUT2D eigenvalue weighted by molar-refractivity contribution is 7.89. The predicted octanol–water partition coefficient (Wildman–Crippen LogP) is 3.64. The van der Waals surface area contributed by atoms with E-state index in [1.165, 1.54) is 11.1 Å². The zero-order valence-corrected chi connectivity index (χ0v) is 16.8. The molecule has 0 saturated carbocycles. The van der Waals surface area contributed by atoms with Gasteiger partial charge in [-0.15, -0.1) is 12.4 Å². The molecule has 154 valence electrons. The van der Waals surface area contributed by atoms with Crippen LogP contribution in [0.25, 0.3) is 0 Å². The zero-order chi connectivity index (χ0) is 19.4. The molecular formula is C19H22ClF3N2O2S. The average Bonchev–Trinajstić information content (AvgIpc) is 2.64. The van der Waals surface area contributed by atoms with Crippen LogP contribution in [-0.2, 0) is 23.0 Å². The van der Waals surface area contributed by atoms with Crippen molar-refractivity contribution in [1.29, 1.82) is 0 Å². The van der Waals surface area contributed by atoms with E-state index in [1.807, 2.05) is 12.1 Å². The molecule has 2 aromatic rings. The van der Waals surface area contributed by atoms with Crippen molar-refractivity contribution < 1.29 is 21.6 Å². The summed E-state index contributed by atoms with van der Waals surface area (Å²) in [5, 5.41) is 0. The van der Waals surface area contributed by atoms with Crippen molar-refractivity contribution in [2.45, 2.75) is 30.7 Å². The Morgan fingerprint density at radius 1 is 0.964 bits per heavy atom. The molecule has 0 atom stereocenters. The van der Waals surface area contributed by atoms with Crippen LogP contribution >= 0.6 is 12.4 Å². The molecule has 0 radical (unpaired) electrons. The van der Waals surface area contributed by atoms with Gasteiger partial charge in [-0.3, -0.25) is 4.90 Å². The topological polar surface area (TPSA) is 49.4 Å². The molecule has 1 aliphatic rings. The molecule has 28 heavy (non-hydrogen) atoms. The fourth-order valence-corrected chi connectivity index (χ4v) is 4.34. The van der Waals surface area contributed by atoms with Gasteiger partial charge in [0.1, 0.15) is 10.7 Å². The fourth-order valence-electron chi connectivity index (χ4n) is 3.20. The number of benzene rings is 2. The summed E-state index contributed by atoms with van der Waals surface area (Å²) >= 11 is 0. The van der Waals surface area contributed by atoms with Crippen LogP contribution in [-0.4, -0.2) is 33.0 Å². The number of halogens is 4. The first-order chi connectivity index (χ1) is 12.9. The van der Waals surface area contributed by atoms with E-state index in [1.54, 1.807) is 0 Å². The fraction of sp³-hybridized carbons (Fsp3) is 0.368. The van der Waals surface area contributed by atoms with Crippen LogP contribution in [0.1, 0.15) is 24.0 Å². The first-order valence-electron chi connectivity index (χ1n) is 8.80. The lowest BCUT2D eigenvalue weighted by Crippen LogP contribution is -2.32. The third-order valence-corrected chi connectivity index (χ3v) is 6.14. The molecule has 3 rings (SSSR count). The smallest absolute Gasteiger partial charge is 0.243 e. The molecular weight excluding hydrogens is 413 g/mol. The van der Waals surface area contributed by atoms with Gasteiger partial charge in [0.2, 0.25) is 10.0 Å². The molecule has 2 aromatic carbocycles. The van der Waals surface area contributed by atoms with Crippen molar-refractivity contribution in [2.24, 2.45) is 0 Å². The molecule has 0 aliphatic carbocycles. The number of rotatable bonds is 7. The summed E-state index contributed by atoms with van der Waals surface area (Å²) in [5.74, 6) is -4.13. The van der Waals surface area contributed by atoms with Crippen LogP contribution in [0, 0.1) is 17.5 Å². The predicted molar refractivity (Wildman–Crippen MR) is 103 cm³/mol. The van der Waals surface area contributed by atoms with E-state index in [0.717, 1.165) is 32.5 Å².